The average molecular weight is 380 g/mol. The molecule has 3 rings (SSSR count). The molecule has 0 aliphatic rings. The van der Waals surface area contributed by atoms with E-state index in [0.717, 1.165) is 0 Å². The number of rotatable bonds is 6. The SMILES string of the molecule is Cc1c(C(=O)Nc2ccc(NCc3ccccc3F)nc2)cccc1[N+](=O)[O-]. The van der Waals surface area contributed by atoms with E-state index in [9.17, 15) is 19.3 Å². The maximum atomic E-state index is 13.6. The van der Waals surface area contributed by atoms with Gasteiger partial charge in [-0.2, -0.15) is 0 Å². The van der Waals surface area contributed by atoms with Gasteiger partial charge < -0.3 is 10.6 Å². The standard InChI is InChI=1S/C20H17FN4O3/c1-13-16(6-4-8-18(13)25(27)28)20(26)24-15-9-10-19(23-12-15)22-11-14-5-2-3-7-17(14)21/h2-10,12H,11H2,1H3,(H,22,23)(H,24,26). The molecule has 0 spiro atoms. The first-order chi connectivity index (χ1) is 13.5. The van der Waals surface area contributed by atoms with Crippen LogP contribution in [0.25, 0.3) is 0 Å². The lowest BCUT2D eigenvalue weighted by Crippen LogP contribution is -2.14. The van der Waals surface area contributed by atoms with Gasteiger partial charge in [0.2, 0.25) is 0 Å². The maximum Gasteiger partial charge on any atom is 0.273 e. The number of amides is 1. The van der Waals surface area contributed by atoms with Gasteiger partial charge in [-0.1, -0.05) is 24.3 Å². The normalized spacial score (nSPS) is 10.4. The van der Waals surface area contributed by atoms with Crippen molar-refractivity contribution in [3.05, 3.63) is 93.4 Å². The van der Waals surface area contributed by atoms with E-state index in [1.165, 1.54) is 37.4 Å². The smallest absolute Gasteiger partial charge is 0.273 e. The molecule has 0 saturated carbocycles. The summed E-state index contributed by atoms with van der Waals surface area (Å²) in [7, 11) is 0. The van der Waals surface area contributed by atoms with Gasteiger partial charge in [0.25, 0.3) is 11.6 Å². The summed E-state index contributed by atoms with van der Waals surface area (Å²) in [5.41, 5.74) is 1.35. The first kappa shape index (κ1) is 19.0. The third kappa shape index (κ3) is 4.29. The topological polar surface area (TPSA) is 97.2 Å². The molecule has 2 N–H and O–H groups in total. The number of anilines is 2. The van der Waals surface area contributed by atoms with Crippen molar-refractivity contribution in [1.29, 1.82) is 0 Å². The lowest BCUT2D eigenvalue weighted by Gasteiger charge is -2.09. The molecule has 3 aromatic rings. The van der Waals surface area contributed by atoms with Crippen LogP contribution in [-0.2, 0) is 6.54 Å². The van der Waals surface area contributed by atoms with Gasteiger partial charge in [0, 0.05) is 29.3 Å². The fourth-order valence-electron chi connectivity index (χ4n) is 2.67. The maximum absolute atomic E-state index is 13.6. The molecule has 1 aromatic heterocycles. The third-order valence-corrected chi connectivity index (χ3v) is 4.19. The molecule has 0 aliphatic heterocycles. The van der Waals surface area contributed by atoms with Crippen molar-refractivity contribution in [3.63, 3.8) is 0 Å². The minimum absolute atomic E-state index is 0.113. The molecule has 142 valence electrons. The zero-order chi connectivity index (χ0) is 20.1. The van der Waals surface area contributed by atoms with Crippen molar-refractivity contribution in [2.24, 2.45) is 0 Å². The fourth-order valence-corrected chi connectivity index (χ4v) is 2.67. The molecular weight excluding hydrogens is 363 g/mol. The summed E-state index contributed by atoms with van der Waals surface area (Å²) < 4.78 is 13.6. The van der Waals surface area contributed by atoms with Gasteiger partial charge in [0.1, 0.15) is 11.6 Å². The zero-order valence-corrected chi connectivity index (χ0v) is 15.0. The van der Waals surface area contributed by atoms with E-state index in [0.29, 0.717) is 22.6 Å². The molecular formula is C20H17FN4O3. The number of benzene rings is 2. The lowest BCUT2D eigenvalue weighted by atomic mass is 10.1. The highest BCUT2D eigenvalue weighted by molar-refractivity contribution is 6.05. The second-order valence-corrected chi connectivity index (χ2v) is 6.04. The first-order valence-corrected chi connectivity index (χ1v) is 8.44. The van der Waals surface area contributed by atoms with Crippen molar-refractivity contribution < 1.29 is 14.1 Å². The Hall–Kier alpha value is -3.81. The van der Waals surface area contributed by atoms with Crippen LogP contribution in [0.3, 0.4) is 0 Å². The number of aromatic nitrogens is 1. The van der Waals surface area contributed by atoms with Crippen LogP contribution in [0, 0.1) is 22.9 Å². The molecule has 8 heteroatoms. The van der Waals surface area contributed by atoms with E-state index in [4.69, 9.17) is 0 Å². The highest BCUT2D eigenvalue weighted by atomic mass is 19.1. The zero-order valence-electron chi connectivity index (χ0n) is 15.0. The van der Waals surface area contributed by atoms with Crippen LogP contribution < -0.4 is 10.6 Å². The summed E-state index contributed by atoms with van der Waals surface area (Å²) in [6, 6.07) is 14.1. The number of carbonyl (C=O) groups is 1. The van der Waals surface area contributed by atoms with Crippen molar-refractivity contribution in [2.45, 2.75) is 13.5 Å². The number of nitrogens with zero attached hydrogens (tertiary/aromatic N) is 2. The second-order valence-electron chi connectivity index (χ2n) is 6.04. The van der Waals surface area contributed by atoms with Gasteiger partial charge >= 0.3 is 0 Å². The Morgan fingerprint density at radius 2 is 1.93 bits per heavy atom. The van der Waals surface area contributed by atoms with Crippen LogP contribution in [0.5, 0.6) is 0 Å². The molecule has 2 aromatic carbocycles. The molecule has 0 saturated heterocycles. The Balaban J connectivity index is 1.66. The lowest BCUT2D eigenvalue weighted by molar-refractivity contribution is -0.385. The quantitative estimate of drug-likeness (QED) is 0.491. The van der Waals surface area contributed by atoms with Gasteiger partial charge in [-0.15, -0.1) is 0 Å². The van der Waals surface area contributed by atoms with E-state index in [1.54, 1.807) is 30.3 Å². The predicted molar refractivity (Wildman–Crippen MR) is 104 cm³/mol. The van der Waals surface area contributed by atoms with Gasteiger partial charge in [-0.3, -0.25) is 14.9 Å². The summed E-state index contributed by atoms with van der Waals surface area (Å²) in [4.78, 5) is 27.1. The molecule has 28 heavy (non-hydrogen) atoms. The minimum atomic E-state index is -0.524. The van der Waals surface area contributed by atoms with Gasteiger partial charge in [0.15, 0.2) is 0 Å². The van der Waals surface area contributed by atoms with Crippen LogP contribution in [-0.4, -0.2) is 15.8 Å². The molecule has 0 atom stereocenters. The molecule has 1 heterocycles. The van der Waals surface area contributed by atoms with E-state index < -0.39 is 10.8 Å². The van der Waals surface area contributed by atoms with Crippen LogP contribution in [0.2, 0.25) is 0 Å². The van der Waals surface area contributed by atoms with Crippen molar-refractivity contribution in [2.75, 3.05) is 10.6 Å². The highest BCUT2D eigenvalue weighted by Crippen LogP contribution is 2.22. The summed E-state index contributed by atoms with van der Waals surface area (Å²) in [6.45, 7) is 1.80. The molecule has 0 aliphatic carbocycles. The first-order valence-electron chi connectivity index (χ1n) is 8.44. The van der Waals surface area contributed by atoms with Crippen LogP contribution in [0.1, 0.15) is 21.5 Å². The monoisotopic (exact) mass is 380 g/mol. The van der Waals surface area contributed by atoms with Crippen molar-refractivity contribution >= 4 is 23.1 Å². The minimum Gasteiger partial charge on any atom is -0.366 e. The largest absolute Gasteiger partial charge is 0.366 e. The number of nitro benzene ring substituents is 1. The van der Waals surface area contributed by atoms with Crippen molar-refractivity contribution in [3.8, 4) is 0 Å². The summed E-state index contributed by atoms with van der Waals surface area (Å²) in [5, 5.41) is 16.7. The number of carbonyl (C=O) groups excluding carboxylic acids is 1. The van der Waals surface area contributed by atoms with E-state index in [1.807, 2.05) is 0 Å². The summed E-state index contributed by atoms with van der Waals surface area (Å²) in [6.07, 6.45) is 1.45. The fraction of sp³-hybridized carbons (Fsp3) is 0.100. The number of pyridine rings is 1. The van der Waals surface area contributed by atoms with E-state index in [-0.39, 0.29) is 23.6 Å². The van der Waals surface area contributed by atoms with Crippen molar-refractivity contribution in [1.82, 2.24) is 4.98 Å². The molecule has 1 amide bonds. The summed E-state index contributed by atoms with van der Waals surface area (Å²) in [5.74, 6) is -0.242. The number of hydrogen-bond donors (Lipinski definition) is 2. The molecule has 0 radical (unpaired) electrons. The third-order valence-electron chi connectivity index (χ3n) is 4.19. The Labute approximate surface area is 160 Å². The summed E-state index contributed by atoms with van der Waals surface area (Å²) >= 11 is 0. The molecule has 0 bridgehead atoms. The molecule has 0 unspecified atom stereocenters. The van der Waals surface area contributed by atoms with Gasteiger partial charge in [-0.25, -0.2) is 9.37 Å². The Kier molecular flexibility index (Phi) is 5.59. The van der Waals surface area contributed by atoms with Gasteiger partial charge in [-0.05, 0) is 31.2 Å². The second kappa shape index (κ2) is 8.26. The Morgan fingerprint density at radius 1 is 1.14 bits per heavy atom. The van der Waals surface area contributed by atoms with Crippen LogP contribution in [0.15, 0.2) is 60.8 Å². The van der Waals surface area contributed by atoms with Crippen LogP contribution >= 0.6 is 0 Å². The number of nitro groups is 1. The molecule has 0 fully saturated rings. The Morgan fingerprint density at radius 3 is 2.61 bits per heavy atom. The average Bonchev–Trinajstić information content (AvgIpc) is 2.68. The number of nitrogens with one attached hydrogen (secondary N) is 2. The van der Waals surface area contributed by atoms with Crippen LogP contribution in [0.4, 0.5) is 21.6 Å². The molecule has 7 nitrogen and oxygen atoms in total. The number of hydrogen-bond acceptors (Lipinski definition) is 5. The van der Waals surface area contributed by atoms with E-state index >= 15 is 0 Å². The van der Waals surface area contributed by atoms with Gasteiger partial charge in [0.05, 0.1) is 16.8 Å². The predicted octanol–water partition coefficient (Wildman–Crippen LogP) is 4.30. The Bertz CT molecular complexity index is 1020. The number of halogens is 1. The highest BCUT2D eigenvalue weighted by Gasteiger charge is 2.18. The van der Waals surface area contributed by atoms with E-state index in [2.05, 4.69) is 15.6 Å².